The smallest absolute Gasteiger partial charge is 0.266 e. The van der Waals surface area contributed by atoms with Crippen molar-refractivity contribution in [1.29, 1.82) is 0 Å². The molecule has 0 aliphatic heterocycles. The lowest BCUT2D eigenvalue weighted by Gasteiger charge is -2.04. The van der Waals surface area contributed by atoms with Crippen LogP contribution < -0.4 is 10.5 Å². The van der Waals surface area contributed by atoms with Crippen molar-refractivity contribution in [2.75, 3.05) is 12.3 Å². The highest BCUT2D eigenvalue weighted by Crippen LogP contribution is 1.96. The quantitative estimate of drug-likeness (QED) is 0.696. The topological polar surface area (TPSA) is 102 Å². The molecule has 15 heavy (non-hydrogen) atoms. The van der Waals surface area contributed by atoms with Crippen LogP contribution in [0.4, 0.5) is 0 Å². The molecule has 7 heteroatoms. The lowest BCUT2D eigenvalue weighted by Crippen LogP contribution is -2.34. The van der Waals surface area contributed by atoms with Gasteiger partial charge in [0.05, 0.1) is 11.3 Å². The Bertz CT molecular complexity index is 430. The second-order valence-electron chi connectivity index (χ2n) is 2.78. The zero-order valence-electron chi connectivity index (χ0n) is 7.88. The van der Waals surface area contributed by atoms with E-state index < -0.39 is 15.9 Å². The third kappa shape index (κ3) is 3.64. The van der Waals surface area contributed by atoms with Gasteiger partial charge in [-0.05, 0) is 12.1 Å². The summed E-state index contributed by atoms with van der Waals surface area (Å²) in [6, 6.07) is 3.02. The van der Waals surface area contributed by atoms with Gasteiger partial charge in [-0.25, -0.2) is 13.1 Å². The Hall–Kier alpha value is -1.47. The zero-order chi connectivity index (χ0) is 11.3. The van der Waals surface area contributed by atoms with Crippen LogP contribution >= 0.6 is 0 Å². The SMILES string of the molecule is NCCS(=O)(=O)NC(=O)c1cccnc1. The minimum Gasteiger partial charge on any atom is -0.329 e. The highest BCUT2D eigenvalue weighted by molar-refractivity contribution is 7.90. The summed E-state index contributed by atoms with van der Waals surface area (Å²) in [7, 11) is -3.63. The highest BCUT2D eigenvalue weighted by Gasteiger charge is 2.14. The average Bonchev–Trinajstić information content (AvgIpc) is 2.18. The van der Waals surface area contributed by atoms with Crippen LogP contribution in [0, 0.1) is 0 Å². The maximum Gasteiger partial charge on any atom is 0.266 e. The summed E-state index contributed by atoms with van der Waals surface area (Å²) in [6.45, 7) is -0.0321. The van der Waals surface area contributed by atoms with Gasteiger partial charge in [-0.15, -0.1) is 0 Å². The van der Waals surface area contributed by atoms with E-state index in [9.17, 15) is 13.2 Å². The predicted molar refractivity (Wildman–Crippen MR) is 54.5 cm³/mol. The first-order valence-corrected chi connectivity index (χ1v) is 5.85. The number of hydrogen-bond donors (Lipinski definition) is 2. The van der Waals surface area contributed by atoms with Crippen molar-refractivity contribution in [2.45, 2.75) is 0 Å². The second kappa shape index (κ2) is 4.85. The van der Waals surface area contributed by atoms with Crippen LogP contribution in [0.3, 0.4) is 0 Å². The van der Waals surface area contributed by atoms with E-state index in [2.05, 4.69) is 4.98 Å². The van der Waals surface area contributed by atoms with E-state index in [0.29, 0.717) is 0 Å². The number of sulfonamides is 1. The largest absolute Gasteiger partial charge is 0.329 e. The van der Waals surface area contributed by atoms with E-state index in [0.717, 1.165) is 0 Å². The molecule has 1 heterocycles. The lowest BCUT2D eigenvalue weighted by molar-refractivity contribution is 0.0981. The highest BCUT2D eigenvalue weighted by atomic mass is 32.2. The van der Waals surface area contributed by atoms with Gasteiger partial charge in [0.1, 0.15) is 0 Å². The van der Waals surface area contributed by atoms with Crippen molar-refractivity contribution in [3.05, 3.63) is 30.1 Å². The third-order valence-corrected chi connectivity index (χ3v) is 2.83. The molecule has 0 aliphatic rings. The van der Waals surface area contributed by atoms with Crippen LogP contribution in [0.2, 0.25) is 0 Å². The zero-order valence-corrected chi connectivity index (χ0v) is 8.70. The fraction of sp³-hybridized carbons (Fsp3) is 0.250. The molecule has 1 aromatic rings. The summed E-state index contributed by atoms with van der Waals surface area (Å²) < 4.78 is 24.3. The summed E-state index contributed by atoms with van der Waals surface area (Å²) in [5.41, 5.74) is 5.28. The van der Waals surface area contributed by atoms with Gasteiger partial charge in [0.2, 0.25) is 10.0 Å². The number of rotatable bonds is 4. The molecule has 0 atom stereocenters. The first-order chi connectivity index (χ1) is 7.05. The van der Waals surface area contributed by atoms with Crippen LogP contribution in [0.5, 0.6) is 0 Å². The van der Waals surface area contributed by atoms with Gasteiger partial charge in [0, 0.05) is 18.9 Å². The fourth-order valence-corrected chi connectivity index (χ4v) is 1.72. The molecule has 3 N–H and O–H groups in total. The number of carbonyl (C=O) groups excluding carboxylic acids is 1. The Labute approximate surface area is 87.6 Å². The van der Waals surface area contributed by atoms with Crippen molar-refractivity contribution in [1.82, 2.24) is 9.71 Å². The number of aromatic nitrogens is 1. The number of hydrogen-bond acceptors (Lipinski definition) is 5. The summed E-state index contributed by atoms with van der Waals surface area (Å²) in [5, 5.41) is 0. The number of carbonyl (C=O) groups is 1. The summed E-state index contributed by atoms with van der Waals surface area (Å²) >= 11 is 0. The first-order valence-electron chi connectivity index (χ1n) is 4.20. The Morgan fingerprint density at radius 2 is 2.27 bits per heavy atom. The molecule has 0 radical (unpaired) electrons. The molecule has 0 saturated carbocycles. The molecule has 1 aromatic heterocycles. The monoisotopic (exact) mass is 229 g/mol. The van der Waals surface area contributed by atoms with Gasteiger partial charge >= 0.3 is 0 Å². The molecule has 1 rings (SSSR count). The summed E-state index contributed by atoms with van der Waals surface area (Å²) in [4.78, 5) is 15.1. The molecule has 0 spiro atoms. The van der Waals surface area contributed by atoms with Crippen LogP contribution in [-0.4, -0.2) is 31.6 Å². The van der Waals surface area contributed by atoms with E-state index >= 15 is 0 Å². The number of nitrogens with two attached hydrogens (primary N) is 1. The standard InChI is InChI=1S/C8H11N3O3S/c9-3-5-15(13,14)11-8(12)7-2-1-4-10-6-7/h1-2,4,6H,3,5,9H2,(H,11,12). The molecule has 0 fully saturated rings. The van der Waals surface area contributed by atoms with E-state index in [1.54, 1.807) is 6.07 Å². The predicted octanol–water partition coefficient (Wildman–Crippen LogP) is -0.900. The Balaban J connectivity index is 2.73. The summed E-state index contributed by atoms with van der Waals surface area (Å²) in [5.74, 6) is -0.976. The molecule has 1 amide bonds. The average molecular weight is 229 g/mol. The van der Waals surface area contributed by atoms with E-state index in [4.69, 9.17) is 5.73 Å². The Morgan fingerprint density at radius 3 is 2.80 bits per heavy atom. The molecule has 0 aliphatic carbocycles. The second-order valence-corrected chi connectivity index (χ2v) is 4.62. The van der Waals surface area contributed by atoms with E-state index in [1.807, 2.05) is 4.72 Å². The van der Waals surface area contributed by atoms with Gasteiger partial charge < -0.3 is 5.73 Å². The van der Waals surface area contributed by atoms with Crippen molar-refractivity contribution >= 4 is 15.9 Å². The third-order valence-electron chi connectivity index (χ3n) is 1.56. The molecule has 0 aromatic carbocycles. The molecule has 82 valence electrons. The molecule has 0 saturated heterocycles. The molecule has 0 bridgehead atoms. The number of amides is 1. The van der Waals surface area contributed by atoms with E-state index in [-0.39, 0.29) is 17.9 Å². The molecule has 6 nitrogen and oxygen atoms in total. The van der Waals surface area contributed by atoms with Gasteiger partial charge in [0.25, 0.3) is 5.91 Å². The summed E-state index contributed by atoms with van der Waals surface area (Å²) in [6.07, 6.45) is 2.78. The van der Waals surface area contributed by atoms with Gasteiger partial charge in [0.15, 0.2) is 0 Å². The van der Waals surface area contributed by atoms with Gasteiger partial charge in [-0.1, -0.05) is 0 Å². The van der Waals surface area contributed by atoms with Crippen molar-refractivity contribution < 1.29 is 13.2 Å². The minimum absolute atomic E-state index is 0.0321. The van der Waals surface area contributed by atoms with Crippen molar-refractivity contribution in [2.24, 2.45) is 5.73 Å². The number of nitrogens with one attached hydrogen (secondary N) is 1. The lowest BCUT2D eigenvalue weighted by atomic mass is 10.3. The van der Waals surface area contributed by atoms with Gasteiger partial charge in [-0.3, -0.25) is 9.78 Å². The maximum atomic E-state index is 11.4. The van der Waals surface area contributed by atoms with Gasteiger partial charge in [-0.2, -0.15) is 0 Å². The fourth-order valence-electron chi connectivity index (χ4n) is 0.903. The first kappa shape index (κ1) is 11.6. The number of nitrogens with zero attached hydrogens (tertiary/aromatic N) is 1. The van der Waals surface area contributed by atoms with Crippen LogP contribution in [0.15, 0.2) is 24.5 Å². The number of pyridine rings is 1. The minimum atomic E-state index is -3.63. The molecular weight excluding hydrogens is 218 g/mol. The van der Waals surface area contributed by atoms with Crippen LogP contribution in [0.1, 0.15) is 10.4 Å². The van der Waals surface area contributed by atoms with E-state index in [1.165, 1.54) is 18.5 Å². The maximum absolute atomic E-state index is 11.4. The molecular formula is C8H11N3O3S. The van der Waals surface area contributed by atoms with Crippen molar-refractivity contribution in [3.63, 3.8) is 0 Å². The Kier molecular flexibility index (Phi) is 3.75. The Morgan fingerprint density at radius 1 is 1.53 bits per heavy atom. The van der Waals surface area contributed by atoms with Crippen molar-refractivity contribution in [3.8, 4) is 0 Å². The van der Waals surface area contributed by atoms with Crippen LogP contribution in [-0.2, 0) is 10.0 Å². The van der Waals surface area contributed by atoms with Crippen LogP contribution in [0.25, 0.3) is 0 Å². The molecule has 0 unspecified atom stereocenters. The normalized spacial score (nSPS) is 11.0.